The van der Waals surface area contributed by atoms with Crippen molar-refractivity contribution in [2.24, 2.45) is 5.73 Å². The van der Waals surface area contributed by atoms with Crippen LogP contribution in [0.5, 0.6) is 0 Å². The number of hydrogen-bond acceptors (Lipinski definition) is 3. The number of benzene rings is 1. The van der Waals surface area contributed by atoms with Gasteiger partial charge < -0.3 is 15.5 Å². The lowest BCUT2D eigenvalue weighted by Gasteiger charge is -2.24. The first kappa shape index (κ1) is 14.9. The second-order valence-electron chi connectivity index (χ2n) is 4.36. The van der Waals surface area contributed by atoms with Crippen molar-refractivity contribution in [2.45, 2.75) is 13.8 Å². The van der Waals surface area contributed by atoms with Crippen molar-refractivity contribution < 1.29 is 0 Å². The highest BCUT2D eigenvalue weighted by atomic mass is 32.1. The molecule has 0 aromatic heterocycles. The molecule has 0 unspecified atom stereocenters. The van der Waals surface area contributed by atoms with Crippen molar-refractivity contribution in [3.8, 4) is 0 Å². The Morgan fingerprint density at radius 3 is 2.11 bits per heavy atom. The number of anilines is 1. The van der Waals surface area contributed by atoms with Crippen LogP contribution in [0.1, 0.15) is 19.4 Å². The highest BCUT2D eigenvalue weighted by molar-refractivity contribution is 7.80. The van der Waals surface area contributed by atoms with Gasteiger partial charge in [-0.05, 0) is 37.4 Å². The molecule has 3 nitrogen and oxygen atoms in total. The molecule has 0 saturated carbocycles. The van der Waals surface area contributed by atoms with Crippen LogP contribution in [-0.4, -0.2) is 43.1 Å². The molecule has 0 aliphatic heterocycles. The second-order valence-corrected chi connectivity index (χ2v) is 4.80. The normalized spacial score (nSPS) is 10.7. The topological polar surface area (TPSA) is 32.5 Å². The van der Waals surface area contributed by atoms with Gasteiger partial charge in [0.05, 0.1) is 0 Å². The molecule has 0 spiro atoms. The fourth-order valence-electron chi connectivity index (χ4n) is 1.84. The van der Waals surface area contributed by atoms with E-state index in [9.17, 15) is 0 Å². The Morgan fingerprint density at radius 1 is 1.11 bits per heavy atom. The lowest BCUT2D eigenvalue weighted by atomic mass is 10.2. The van der Waals surface area contributed by atoms with Gasteiger partial charge in [0.2, 0.25) is 0 Å². The van der Waals surface area contributed by atoms with E-state index in [4.69, 9.17) is 18.0 Å². The van der Waals surface area contributed by atoms with Gasteiger partial charge in [-0.15, -0.1) is 0 Å². The number of nitrogens with two attached hydrogens (primary N) is 1. The Morgan fingerprint density at radius 2 is 1.67 bits per heavy atom. The summed E-state index contributed by atoms with van der Waals surface area (Å²) >= 11 is 4.95. The maximum absolute atomic E-state index is 5.59. The van der Waals surface area contributed by atoms with Crippen LogP contribution in [0.25, 0.3) is 0 Å². The predicted molar refractivity (Wildman–Crippen MR) is 83.4 cm³/mol. The van der Waals surface area contributed by atoms with Crippen molar-refractivity contribution in [3.05, 3.63) is 29.8 Å². The second kappa shape index (κ2) is 7.34. The number of hydrogen-bond donors (Lipinski definition) is 1. The van der Waals surface area contributed by atoms with Gasteiger partial charge in [0.25, 0.3) is 0 Å². The average Bonchev–Trinajstić information content (AvgIpc) is 2.39. The largest absolute Gasteiger partial charge is 0.389 e. The zero-order chi connectivity index (χ0) is 13.5. The molecule has 1 aromatic rings. The molecule has 0 aliphatic carbocycles. The first-order valence-corrected chi connectivity index (χ1v) is 6.82. The SMILES string of the molecule is CCN(CC)CCN(C)c1ccc(C(N)=S)cc1. The zero-order valence-electron chi connectivity index (χ0n) is 11.5. The van der Waals surface area contributed by atoms with Gasteiger partial charge in [0.15, 0.2) is 0 Å². The minimum absolute atomic E-state index is 0.451. The molecular formula is C14H23N3S. The lowest BCUT2D eigenvalue weighted by molar-refractivity contribution is 0.311. The number of rotatable bonds is 7. The maximum Gasteiger partial charge on any atom is 0.103 e. The zero-order valence-corrected chi connectivity index (χ0v) is 12.3. The summed E-state index contributed by atoms with van der Waals surface area (Å²) in [7, 11) is 2.11. The van der Waals surface area contributed by atoms with Crippen molar-refractivity contribution in [1.29, 1.82) is 0 Å². The Labute approximate surface area is 116 Å². The van der Waals surface area contributed by atoms with Gasteiger partial charge in [-0.25, -0.2) is 0 Å². The minimum Gasteiger partial charge on any atom is -0.389 e. The molecule has 0 amide bonds. The molecule has 2 N–H and O–H groups in total. The van der Waals surface area contributed by atoms with E-state index in [-0.39, 0.29) is 0 Å². The van der Waals surface area contributed by atoms with Crippen LogP contribution in [0.4, 0.5) is 5.69 Å². The van der Waals surface area contributed by atoms with E-state index in [1.165, 1.54) is 5.69 Å². The molecule has 100 valence electrons. The van der Waals surface area contributed by atoms with E-state index in [0.29, 0.717) is 4.99 Å². The Bertz CT molecular complexity index is 371. The quantitative estimate of drug-likeness (QED) is 0.765. The molecule has 0 fully saturated rings. The smallest absolute Gasteiger partial charge is 0.103 e. The summed E-state index contributed by atoms with van der Waals surface area (Å²) in [5, 5.41) is 0. The molecule has 0 bridgehead atoms. The number of likely N-dealkylation sites (N-methyl/N-ethyl adjacent to an activating group) is 2. The molecule has 0 aliphatic rings. The monoisotopic (exact) mass is 265 g/mol. The fourth-order valence-corrected chi connectivity index (χ4v) is 1.98. The average molecular weight is 265 g/mol. The van der Waals surface area contributed by atoms with Crippen LogP contribution in [-0.2, 0) is 0 Å². The summed E-state index contributed by atoms with van der Waals surface area (Å²) < 4.78 is 0. The maximum atomic E-state index is 5.59. The van der Waals surface area contributed by atoms with E-state index < -0.39 is 0 Å². The van der Waals surface area contributed by atoms with Gasteiger partial charge >= 0.3 is 0 Å². The third-order valence-corrected chi connectivity index (χ3v) is 3.47. The van der Waals surface area contributed by atoms with E-state index in [0.717, 1.165) is 31.7 Å². The highest BCUT2D eigenvalue weighted by Gasteiger charge is 2.04. The van der Waals surface area contributed by atoms with E-state index in [1.54, 1.807) is 0 Å². The summed E-state index contributed by atoms with van der Waals surface area (Å²) in [6.07, 6.45) is 0. The molecule has 1 rings (SSSR count). The Hall–Kier alpha value is -1.13. The molecule has 18 heavy (non-hydrogen) atoms. The number of nitrogens with zero attached hydrogens (tertiary/aromatic N) is 2. The van der Waals surface area contributed by atoms with Crippen LogP contribution < -0.4 is 10.6 Å². The van der Waals surface area contributed by atoms with Crippen molar-refractivity contribution in [2.75, 3.05) is 38.1 Å². The molecular weight excluding hydrogens is 242 g/mol. The fraction of sp³-hybridized carbons (Fsp3) is 0.500. The highest BCUT2D eigenvalue weighted by Crippen LogP contribution is 2.13. The van der Waals surface area contributed by atoms with Gasteiger partial charge in [0, 0.05) is 31.4 Å². The van der Waals surface area contributed by atoms with E-state index in [2.05, 4.69) is 42.8 Å². The van der Waals surface area contributed by atoms with Gasteiger partial charge in [-0.2, -0.15) is 0 Å². The van der Waals surface area contributed by atoms with Gasteiger partial charge in [-0.1, -0.05) is 26.1 Å². The Kier molecular flexibility index (Phi) is 6.09. The minimum atomic E-state index is 0.451. The molecule has 0 saturated heterocycles. The van der Waals surface area contributed by atoms with Crippen molar-refractivity contribution in [3.63, 3.8) is 0 Å². The van der Waals surface area contributed by atoms with Crippen LogP contribution in [0, 0.1) is 0 Å². The van der Waals surface area contributed by atoms with Crippen LogP contribution >= 0.6 is 12.2 Å². The molecule has 0 heterocycles. The summed E-state index contributed by atoms with van der Waals surface area (Å²) in [5.41, 5.74) is 7.70. The van der Waals surface area contributed by atoms with Gasteiger partial charge in [-0.3, -0.25) is 0 Å². The van der Waals surface area contributed by atoms with Crippen molar-refractivity contribution >= 4 is 22.9 Å². The van der Waals surface area contributed by atoms with Gasteiger partial charge in [0.1, 0.15) is 4.99 Å². The Balaban J connectivity index is 2.56. The molecule has 0 atom stereocenters. The predicted octanol–water partition coefficient (Wildman–Crippen LogP) is 2.10. The molecule has 0 radical (unpaired) electrons. The van der Waals surface area contributed by atoms with Crippen LogP contribution in [0.15, 0.2) is 24.3 Å². The van der Waals surface area contributed by atoms with Crippen LogP contribution in [0.3, 0.4) is 0 Å². The van der Waals surface area contributed by atoms with Crippen molar-refractivity contribution in [1.82, 2.24) is 4.90 Å². The number of thiocarbonyl (C=S) groups is 1. The van der Waals surface area contributed by atoms with E-state index >= 15 is 0 Å². The first-order chi connectivity index (χ1) is 8.58. The summed E-state index contributed by atoms with van der Waals surface area (Å²) in [5.74, 6) is 0. The third-order valence-electron chi connectivity index (χ3n) is 3.24. The lowest BCUT2D eigenvalue weighted by Crippen LogP contribution is -2.33. The molecule has 1 aromatic carbocycles. The third kappa shape index (κ3) is 4.27. The van der Waals surface area contributed by atoms with E-state index in [1.807, 2.05) is 12.1 Å². The van der Waals surface area contributed by atoms with Crippen LogP contribution in [0.2, 0.25) is 0 Å². The summed E-state index contributed by atoms with van der Waals surface area (Å²) in [6, 6.07) is 8.09. The summed E-state index contributed by atoms with van der Waals surface area (Å²) in [4.78, 5) is 5.12. The first-order valence-electron chi connectivity index (χ1n) is 6.41. The molecule has 4 heteroatoms. The summed E-state index contributed by atoms with van der Waals surface area (Å²) in [6.45, 7) is 8.70. The standard InChI is InChI=1S/C14H23N3S/c1-4-17(5-2)11-10-16(3)13-8-6-12(7-9-13)14(15)18/h6-9H,4-5,10-11H2,1-3H3,(H2,15,18).